The van der Waals surface area contributed by atoms with Gasteiger partial charge in [0.05, 0.1) is 17.6 Å². The topological polar surface area (TPSA) is 45.4 Å². The van der Waals surface area contributed by atoms with E-state index in [2.05, 4.69) is 47.7 Å². The van der Waals surface area contributed by atoms with Gasteiger partial charge in [0, 0.05) is 38.8 Å². The van der Waals surface area contributed by atoms with Crippen LogP contribution in [0.25, 0.3) is 0 Å². The van der Waals surface area contributed by atoms with Gasteiger partial charge < -0.3 is 10.6 Å². The van der Waals surface area contributed by atoms with Crippen molar-refractivity contribution >= 4 is 5.69 Å². The Balaban J connectivity index is 1.90. The zero-order valence-electron chi connectivity index (χ0n) is 13.0. The Kier molecular flexibility index (Phi) is 5.38. The first-order chi connectivity index (χ1) is 9.60. The number of hydrogen-bond acceptors (Lipinski definition) is 4. The van der Waals surface area contributed by atoms with Crippen molar-refractivity contribution in [1.82, 2.24) is 9.88 Å². The molecular formula is C16H28N4. The summed E-state index contributed by atoms with van der Waals surface area (Å²) in [6.45, 7) is 12.3. The van der Waals surface area contributed by atoms with Gasteiger partial charge in [-0.3, -0.25) is 9.88 Å². The minimum Gasteiger partial charge on any atom is -0.368 e. The normalized spacial score (nSPS) is 18.6. The van der Waals surface area contributed by atoms with E-state index < -0.39 is 0 Å². The number of rotatable bonds is 5. The quantitative estimate of drug-likeness (QED) is 0.896. The van der Waals surface area contributed by atoms with Gasteiger partial charge in [0.1, 0.15) is 0 Å². The van der Waals surface area contributed by atoms with E-state index in [-0.39, 0.29) is 6.04 Å². The lowest BCUT2D eigenvalue weighted by molar-refractivity contribution is 0.231. The molecule has 1 aliphatic heterocycles. The number of nitrogens with zero attached hydrogens (tertiary/aromatic N) is 3. The van der Waals surface area contributed by atoms with E-state index in [0.29, 0.717) is 0 Å². The standard InChI is InChI=1S/C16H28N4/c1-4-15(17)16-6-5-14(11-18-16)20-9-7-19(8-10-20)12-13(2)3/h5-6,11,13,15H,4,7-10,12,17H2,1-3H3/t15-/m0/s1. The molecule has 0 amide bonds. The Bertz CT molecular complexity index is 393. The van der Waals surface area contributed by atoms with Crippen molar-refractivity contribution in [1.29, 1.82) is 0 Å². The Labute approximate surface area is 123 Å². The molecule has 0 bridgehead atoms. The molecule has 1 aliphatic rings. The molecule has 0 aromatic carbocycles. The van der Waals surface area contributed by atoms with E-state index in [0.717, 1.165) is 44.2 Å². The molecule has 1 aromatic rings. The first-order valence-electron chi connectivity index (χ1n) is 7.79. The summed E-state index contributed by atoms with van der Waals surface area (Å²) in [6, 6.07) is 4.30. The summed E-state index contributed by atoms with van der Waals surface area (Å²) in [4.78, 5) is 9.49. The van der Waals surface area contributed by atoms with Crippen molar-refractivity contribution in [2.75, 3.05) is 37.6 Å². The van der Waals surface area contributed by atoms with E-state index in [1.807, 2.05) is 6.20 Å². The van der Waals surface area contributed by atoms with E-state index in [1.165, 1.54) is 12.2 Å². The monoisotopic (exact) mass is 276 g/mol. The molecule has 0 unspecified atom stereocenters. The van der Waals surface area contributed by atoms with Crippen molar-refractivity contribution < 1.29 is 0 Å². The molecule has 0 radical (unpaired) electrons. The van der Waals surface area contributed by atoms with Crippen LogP contribution in [0.5, 0.6) is 0 Å². The summed E-state index contributed by atoms with van der Waals surface area (Å²) in [5.74, 6) is 0.748. The molecule has 0 aliphatic carbocycles. The van der Waals surface area contributed by atoms with E-state index in [9.17, 15) is 0 Å². The number of hydrogen-bond donors (Lipinski definition) is 1. The zero-order valence-corrected chi connectivity index (χ0v) is 13.0. The third-order valence-corrected chi connectivity index (χ3v) is 3.95. The summed E-state index contributed by atoms with van der Waals surface area (Å²) in [6.07, 6.45) is 2.91. The number of pyridine rings is 1. The number of nitrogens with two attached hydrogens (primary N) is 1. The second kappa shape index (κ2) is 7.04. The van der Waals surface area contributed by atoms with Crippen molar-refractivity contribution in [2.24, 2.45) is 11.7 Å². The first-order valence-corrected chi connectivity index (χ1v) is 7.79. The highest BCUT2D eigenvalue weighted by Crippen LogP contribution is 2.18. The number of anilines is 1. The molecule has 0 spiro atoms. The Morgan fingerprint density at radius 3 is 2.40 bits per heavy atom. The van der Waals surface area contributed by atoms with Crippen molar-refractivity contribution in [3.63, 3.8) is 0 Å². The molecule has 1 atom stereocenters. The van der Waals surface area contributed by atoms with Gasteiger partial charge in [-0.15, -0.1) is 0 Å². The Morgan fingerprint density at radius 1 is 1.20 bits per heavy atom. The van der Waals surface area contributed by atoms with Crippen LogP contribution in [-0.2, 0) is 0 Å². The highest BCUT2D eigenvalue weighted by molar-refractivity contribution is 5.45. The molecule has 2 N–H and O–H groups in total. The van der Waals surface area contributed by atoms with Crippen molar-refractivity contribution in [2.45, 2.75) is 33.2 Å². The maximum atomic E-state index is 6.00. The van der Waals surface area contributed by atoms with E-state index in [4.69, 9.17) is 5.73 Å². The van der Waals surface area contributed by atoms with Crippen LogP contribution in [0.15, 0.2) is 18.3 Å². The fraction of sp³-hybridized carbons (Fsp3) is 0.688. The molecule has 1 fully saturated rings. The summed E-state index contributed by atoms with van der Waals surface area (Å²) >= 11 is 0. The predicted octanol–water partition coefficient (Wildman–Crippen LogP) is 2.27. The molecule has 1 saturated heterocycles. The third kappa shape index (κ3) is 3.93. The maximum absolute atomic E-state index is 6.00. The van der Waals surface area contributed by atoms with Gasteiger partial charge in [0.2, 0.25) is 0 Å². The molecular weight excluding hydrogens is 248 g/mol. The van der Waals surface area contributed by atoms with E-state index >= 15 is 0 Å². The molecule has 1 aromatic heterocycles. The zero-order chi connectivity index (χ0) is 14.5. The van der Waals surface area contributed by atoms with Gasteiger partial charge in [0.25, 0.3) is 0 Å². The van der Waals surface area contributed by atoms with Crippen molar-refractivity contribution in [3.05, 3.63) is 24.0 Å². The number of piperazine rings is 1. The average Bonchev–Trinajstić information content (AvgIpc) is 2.47. The van der Waals surface area contributed by atoms with Gasteiger partial charge in [-0.2, -0.15) is 0 Å². The summed E-state index contributed by atoms with van der Waals surface area (Å²) in [5, 5.41) is 0. The molecule has 2 heterocycles. The smallest absolute Gasteiger partial charge is 0.0572 e. The second-order valence-electron chi connectivity index (χ2n) is 6.14. The van der Waals surface area contributed by atoms with Gasteiger partial charge in [-0.1, -0.05) is 20.8 Å². The fourth-order valence-electron chi connectivity index (χ4n) is 2.72. The van der Waals surface area contributed by atoms with Crippen LogP contribution in [0.1, 0.15) is 38.9 Å². The van der Waals surface area contributed by atoms with Gasteiger partial charge in [0.15, 0.2) is 0 Å². The average molecular weight is 276 g/mol. The van der Waals surface area contributed by atoms with Crippen LogP contribution < -0.4 is 10.6 Å². The molecule has 2 rings (SSSR count). The molecule has 4 nitrogen and oxygen atoms in total. The lowest BCUT2D eigenvalue weighted by Gasteiger charge is -2.36. The molecule has 4 heteroatoms. The van der Waals surface area contributed by atoms with Crippen LogP contribution in [0.2, 0.25) is 0 Å². The summed E-state index contributed by atoms with van der Waals surface area (Å²) < 4.78 is 0. The molecule has 112 valence electrons. The third-order valence-electron chi connectivity index (χ3n) is 3.95. The predicted molar refractivity (Wildman–Crippen MR) is 84.9 cm³/mol. The summed E-state index contributed by atoms with van der Waals surface area (Å²) in [5.41, 5.74) is 8.22. The van der Waals surface area contributed by atoms with Gasteiger partial charge in [-0.05, 0) is 24.5 Å². The summed E-state index contributed by atoms with van der Waals surface area (Å²) in [7, 11) is 0. The van der Waals surface area contributed by atoms with E-state index in [1.54, 1.807) is 0 Å². The highest BCUT2D eigenvalue weighted by Gasteiger charge is 2.18. The van der Waals surface area contributed by atoms with Gasteiger partial charge >= 0.3 is 0 Å². The first kappa shape index (κ1) is 15.3. The Hall–Kier alpha value is -1.13. The lowest BCUT2D eigenvalue weighted by Crippen LogP contribution is -2.47. The van der Waals surface area contributed by atoms with Crippen LogP contribution in [0, 0.1) is 5.92 Å². The SMILES string of the molecule is CC[C@H](N)c1ccc(N2CCN(CC(C)C)CC2)cn1. The number of aromatic nitrogens is 1. The fourth-order valence-corrected chi connectivity index (χ4v) is 2.72. The molecule has 0 saturated carbocycles. The lowest BCUT2D eigenvalue weighted by atomic mass is 10.1. The molecule has 20 heavy (non-hydrogen) atoms. The highest BCUT2D eigenvalue weighted by atomic mass is 15.3. The van der Waals surface area contributed by atoms with Crippen LogP contribution >= 0.6 is 0 Å². The second-order valence-corrected chi connectivity index (χ2v) is 6.14. The van der Waals surface area contributed by atoms with Crippen LogP contribution in [-0.4, -0.2) is 42.6 Å². The van der Waals surface area contributed by atoms with Crippen LogP contribution in [0.4, 0.5) is 5.69 Å². The van der Waals surface area contributed by atoms with Crippen molar-refractivity contribution in [3.8, 4) is 0 Å². The van der Waals surface area contributed by atoms with Crippen LogP contribution in [0.3, 0.4) is 0 Å². The Morgan fingerprint density at radius 2 is 1.90 bits per heavy atom. The maximum Gasteiger partial charge on any atom is 0.0572 e. The minimum atomic E-state index is 0.0620. The minimum absolute atomic E-state index is 0.0620. The van der Waals surface area contributed by atoms with Gasteiger partial charge in [-0.25, -0.2) is 0 Å². The largest absolute Gasteiger partial charge is 0.368 e.